The topological polar surface area (TPSA) is 93.5 Å². The highest BCUT2D eigenvalue weighted by molar-refractivity contribution is 6.01. The molecule has 34 heavy (non-hydrogen) atoms. The number of hydrogen-bond acceptors (Lipinski definition) is 4. The molecule has 7 nitrogen and oxygen atoms in total. The molecule has 0 saturated carbocycles. The van der Waals surface area contributed by atoms with E-state index in [-0.39, 0.29) is 17.6 Å². The Kier molecular flexibility index (Phi) is 8.68. The van der Waals surface area contributed by atoms with Gasteiger partial charge in [0.15, 0.2) is 0 Å². The van der Waals surface area contributed by atoms with Crippen molar-refractivity contribution in [2.45, 2.75) is 66.0 Å². The zero-order chi connectivity index (χ0) is 24.6. The molecule has 0 aliphatic rings. The number of amides is 1. The molecule has 0 aliphatic carbocycles. The minimum atomic E-state index is -0.952. The van der Waals surface area contributed by atoms with E-state index < -0.39 is 12.1 Å². The normalized spacial score (nSPS) is 11.5. The van der Waals surface area contributed by atoms with Crippen LogP contribution in [0.4, 0.5) is 4.79 Å². The molecule has 2 N–H and O–H groups in total. The number of para-hydroxylation sites is 1. The molecule has 1 heterocycles. The number of rotatable bonds is 11. The summed E-state index contributed by atoms with van der Waals surface area (Å²) in [6.45, 7) is 8.12. The molecule has 1 aromatic heterocycles. The Morgan fingerprint density at radius 2 is 1.74 bits per heavy atom. The van der Waals surface area contributed by atoms with Crippen molar-refractivity contribution in [3.05, 3.63) is 65.5 Å². The number of alkyl carbamates (subject to hydrolysis) is 1. The van der Waals surface area contributed by atoms with Crippen LogP contribution in [-0.4, -0.2) is 33.3 Å². The smallest absolute Gasteiger partial charge is 0.407 e. The van der Waals surface area contributed by atoms with Crippen LogP contribution >= 0.6 is 0 Å². The number of benzene rings is 2. The van der Waals surface area contributed by atoms with Crippen molar-refractivity contribution in [1.82, 2.24) is 14.9 Å². The third-order valence-electron chi connectivity index (χ3n) is 5.57. The number of imidazole rings is 1. The molecule has 0 bridgehead atoms. The quantitative estimate of drug-likeness (QED) is 0.349. The number of nitrogens with zero attached hydrogens (tertiary/aromatic N) is 2. The van der Waals surface area contributed by atoms with Crippen LogP contribution < -0.4 is 5.32 Å². The van der Waals surface area contributed by atoms with E-state index in [1.165, 1.54) is 0 Å². The lowest BCUT2D eigenvalue weighted by Gasteiger charge is -2.19. The van der Waals surface area contributed by atoms with Crippen LogP contribution in [0.2, 0.25) is 0 Å². The Morgan fingerprint density at radius 1 is 1.00 bits per heavy atom. The fourth-order valence-electron chi connectivity index (χ4n) is 3.94. The summed E-state index contributed by atoms with van der Waals surface area (Å²) in [5.74, 6) is -0.0219. The minimum Gasteiger partial charge on any atom is -0.478 e. The number of ether oxygens (including phenoxy) is 1. The molecule has 0 radical (unpaired) electrons. The highest BCUT2D eigenvalue weighted by atomic mass is 16.5. The first-order chi connectivity index (χ1) is 16.2. The second-order valence-corrected chi connectivity index (χ2v) is 9.80. The molecule has 0 unspecified atom stereocenters. The van der Waals surface area contributed by atoms with Crippen molar-refractivity contribution in [2.75, 3.05) is 6.54 Å². The Balaban J connectivity index is 1.46. The van der Waals surface area contributed by atoms with Crippen LogP contribution in [0.25, 0.3) is 11.0 Å². The van der Waals surface area contributed by atoms with Gasteiger partial charge in [0.05, 0.1) is 11.1 Å². The lowest BCUT2D eigenvalue weighted by Crippen LogP contribution is -2.25. The first-order valence-corrected chi connectivity index (χ1v) is 11.9. The average molecular weight is 466 g/mol. The zero-order valence-corrected chi connectivity index (χ0v) is 20.3. The van der Waals surface area contributed by atoms with Gasteiger partial charge in [-0.3, -0.25) is 0 Å². The largest absolute Gasteiger partial charge is 0.478 e. The second kappa shape index (κ2) is 11.7. The van der Waals surface area contributed by atoms with Gasteiger partial charge in [-0.1, -0.05) is 70.0 Å². The summed E-state index contributed by atoms with van der Waals surface area (Å²) >= 11 is 0. The molecule has 2 aromatic carbocycles. The van der Waals surface area contributed by atoms with Crippen LogP contribution in [0, 0.1) is 5.41 Å². The van der Waals surface area contributed by atoms with E-state index in [0.717, 1.165) is 55.6 Å². The van der Waals surface area contributed by atoms with Gasteiger partial charge in [-0.05, 0) is 36.0 Å². The first-order valence-electron chi connectivity index (χ1n) is 11.9. The summed E-state index contributed by atoms with van der Waals surface area (Å²) in [7, 11) is 0. The molecule has 3 aromatic rings. The predicted molar refractivity (Wildman–Crippen MR) is 133 cm³/mol. The Bertz CT molecular complexity index is 1100. The van der Waals surface area contributed by atoms with Gasteiger partial charge in [-0.15, -0.1) is 0 Å². The molecule has 1 amide bonds. The van der Waals surface area contributed by atoms with Crippen molar-refractivity contribution in [3.63, 3.8) is 0 Å². The van der Waals surface area contributed by atoms with Gasteiger partial charge in [0.1, 0.15) is 17.9 Å². The van der Waals surface area contributed by atoms with E-state index in [9.17, 15) is 14.7 Å². The van der Waals surface area contributed by atoms with Crippen molar-refractivity contribution >= 4 is 23.1 Å². The first kappa shape index (κ1) is 25.3. The lowest BCUT2D eigenvalue weighted by atomic mass is 9.92. The number of carbonyl (C=O) groups is 2. The number of hydrogen-bond donors (Lipinski definition) is 2. The molecule has 0 fully saturated rings. The van der Waals surface area contributed by atoms with E-state index in [1.807, 2.05) is 36.4 Å². The standard InChI is InChI=1S/C27H35N3O4/c1-27(2,3)18-23-29-24-21(25(31)32)14-11-15-22(24)30(23)17-10-5-4-9-16-28-26(33)34-19-20-12-7-6-8-13-20/h6-8,11-15H,4-5,9-10,16-19H2,1-3H3,(H,28,33)(H,31,32). The van der Waals surface area contributed by atoms with Crippen molar-refractivity contribution in [1.29, 1.82) is 0 Å². The Morgan fingerprint density at radius 3 is 2.44 bits per heavy atom. The predicted octanol–water partition coefficient (Wildman–Crippen LogP) is 5.81. The molecule has 0 atom stereocenters. The van der Waals surface area contributed by atoms with E-state index in [0.29, 0.717) is 12.1 Å². The molecule has 0 aliphatic heterocycles. The number of carboxylic acid groups (broad SMARTS) is 1. The van der Waals surface area contributed by atoms with Crippen molar-refractivity contribution < 1.29 is 19.4 Å². The number of aromatic nitrogens is 2. The van der Waals surface area contributed by atoms with Gasteiger partial charge in [-0.2, -0.15) is 0 Å². The van der Waals surface area contributed by atoms with E-state index in [1.54, 1.807) is 12.1 Å². The van der Waals surface area contributed by atoms with Gasteiger partial charge in [0, 0.05) is 19.5 Å². The summed E-state index contributed by atoms with van der Waals surface area (Å²) in [6.07, 6.45) is 4.21. The summed E-state index contributed by atoms with van der Waals surface area (Å²) in [5, 5.41) is 12.4. The summed E-state index contributed by atoms with van der Waals surface area (Å²) in [5.41, 5.74) is 2.69. The number of aromatic carboxylic acids is 1. The van der Waals surface area contributed by atoms with Crippen LogP contribution in [0.5, 0.6) is 0 Å². The highest BCUT2D eigenvalue weighted by Crippen LogP contribution is 2.26. The maximum Gasteiger partial charge on any atom is 0.407 e. The van der Waals surface area contributed by atoms with Gasteiger partial charge in [0.25, 0.3) is 0 Å². The number of unbranched alkanes of at least 4 members (excludes halogenated alkanes) is 3. The van der Waals surface area contributed by atoms with Gasteiger partial charge >= 0.3 is 12.1 Å². The van der Waals surface area contributed by atoms with Crippen LogP contribution in [0.15, 0.2) is 48.5 Å². The molecular formula is C27H35N3O4. The third kappa shape index (κ3) is 7.33. The molecular weight excluding hydrogens is 430 g/mol. The van der Waals surface area contributed by atoms with Gasteiger partial charge in [0.2, 0.25) is 0 Å². The number of aryl methyl sites for hydroxylation is 1. The fourth-order valence-corrected chi connectivity index (χ4v) is 3.94. The van der Waals surface area contributed by atoms with Gasteiger partial charge in [-0.25, -0.2) is 14.6 Å². The van der Waals surface area contributed by atoms with Crippen molar-refractivity contribution in [3.8, 4) is 0 Å². The molecule has 7 heteroatoms. The average Bonchev–Trinajstić information content (AvgIpc) is 3.13. The van der Waals surface area contributed by atoms with Crippen LogP contribution in [0.3, 0.4) is 0 Å². The third-order valence-corrected chi connectivity index (χ3v) is 5.57. The molecule has 0 saturated heterocycles. The number of nitrogens with one attached hydrogen (secondary N) is 1. The molecule has 0 spiro atoms. The molecule has 3 rings (SSSR count). The monoisotopic (exact) mass is 465 g/mol. The van der Waals surface area contributed by atoms with Gasteiger partial charge < -0.3 is 19.7 Å². The van der Waals surface area contributed by atoms with Crippen LogP contribution in [-0.2, 0) is 24.3 Å². The Hall–Kier alpha value is -3.35. The second-order valence-electron chi connectivity index (χ2n) is 9.80. The van der Waals surface area contributed by atoms with E-state index in [4.69, 9.17) is 9.72 Å². The zero-order valence-electron chi connectivity index (χ0n) is 20.3. The number of fused-ring (bicyclic) bond motifs is 1. The highest BCUT2D eigenvalue weighted by Gasteiger charge is 2.21. The summed E-state index contributed by atoms with van der Waals surface area (Å²) < 4.78 is 7.40. The SMILES string of the molecule is CC(C)(C)Cc1nc2c(C(=O)O)cccc2n1CCCCCCNC(=O)OCc1ccccc1. The lowest BCUT2D eigenvalue weighted by molar-refractivity contribution is 0.0698. The summed E-state index contributed by atoms with van der Waals surface area (Å²) in [6, 6.07) is 15.0. The number of carbonyl (C=O) groups excluding carboxylic acids is 1. The fraction of sp³-hybridized carbons (Fsp3) is 0.444. The maximum atomic E-state index is 11.8. The maximum absolute atomic E-state index is 11.8. The minimum absolute atomic E-state index is 0.0449. The summed E-state index contributed by atoms with van der Waals surface area (Å²) in [4.78, 5) is 28.2. The van der Waals surface area contributed by atoms with Crippen molar-refractivity contribution in [2.24, 2.45) is 5.41 Å². The van der Waals surface area contributed by atoms with E-state index >= 15 is 0 Å². The van der Waals surface area contributed by atoms with E-state index in [2.05, 4.69) is 30.7 Å². The van der Waals surface area contributed by atoms with Crippen LogP contribution in [0.1, 0.15) is 68.2 Å². The molecule has 182 valence electrons. The number of carboxylic acids is 1. The Labute approximate surface area is 201 Å².